The third-order valence-electron chi connectivity index (χ3n) is 2.04. The molecular weight excluding hydrogens is 174 g/mol. The maximum atomic E-state index is 8.75. The van der Waals surface area contributed by atoms with Crippen molar-refractivity contribution in [2.24, 2.45) is 0 Å². The minimum absolute atomic E-state index is 0.614. The van der Waals surface area contributed by atoms with Crippen LogP contribution in [0.25, 0.3) is 5.69 Å². The molecule has 2 N–H and O–H groups in total. The first-order valence-electron chi connectivity index (χ1n) is 4.24. The Morgan fingerprint density at radius 3 is 2.57 bits per heavy atom. The molecule has 14 heavy (non-hydrogen) atoms. The first-order valence-corrected chi connectivity index (χ1v) is 4.24. The molecule has 3 heteroatoms. The van der Waals surface area contributed by atoms with Crippen LogP contribution in [0.1, 0.15) is 5.56 Å². The highest BCUT2D eigenvalue weighted by Crippen LogP contribution is 2.18. The fraction of sp³-hybridized carbons (Fsp3) is 0. The van der Waals surface area contributed by atoms with Crippen LogP contribution < -0.4 is 5.73 Å². The predicted molar refractivity (Wildman–Crippen MR) is 54.9 cm³/mol. The number of hydrogen-bond acceptors (Lipinski definition) is 2. The third-order valence-corrected chi connectivity index (χ3v) is 2.04. The van der Waals surface area contributed by atoms with E-state index in [-0.39, 0.29) is 0 Å². The Kier molecular flexibility index (Phi) is 1.96. The topological polar surface area (TPSA) is 54.7 Å². The van der Waals surface area contributed by atoms with Crippen molar-refractivity contribution in [2.45, 2.75) is 0 Å². The van der Waals surface area contributed by atoms with Gasteiger partial charge in [0.25, 0.3) is 0 Å². The zero-order valence-corrected chi connectivity index (χ0v) is 7.51. The Hall–Kier alpha value is -2.21. The second-order valence-corrected chi connectivity index (χ2v) is 2.98. The number of nitrogens with two attached hydrogens (primary N) is 1. The van der Waals surface area contributed by atoms with Crippen LogP contribution in [0.2, 0.25) is 0 Å². The van der Waals surface area contributed by atoms with Crippen molar-refractivity contribution in [3.63, 3.8) is 0 Å². The van der Waals surface area contributed by atoms with Gasteiger partial charge < -0.3 is 10.3 Å². The van der Waals surface area contributed by atoms with Gasteiger partial charge in [-0.3, -0.25) is 0 Å². The molecule has 0 atom stereocenters. The number of aromatic nitrogens is 1. The summed E-state index contributed by atoms with van der Waals surface area (Å²) in [6.07, 6.45) is 3.79. The fourth-order valence-corrected chi connectivity index (χ4v) is 1.33. The molecule has 0 bridgehead atoms. The molecule has 0 spiro atoms. The maximum Gasteiger partial charge on any atom is 0.0992 e. The van der Waals surface area contributed by atoms with Crippen molar-refractivity contribution in [3.05, 3.63) is 48.3 Å². The van der Waals surface area contributed by atoms with Crippen molar-refractivity contribution < 1.29 is 0 Å². The van der Waals surface area contributed by atoms with E-state index in [1.807, 2.05) is 29.1 Å². The number of anilines is 1. The van der Waals surface area contributed by atoms with Gasteiger partial charge in [-0.05, 0) is 30.3 Å². The van der Waals surface area contributed by atoms with Crippen LogP contribution in [-0.4, -0.2) is 4.57 Å². The summed E-state index contributed by atoms with van der Waals surface area (Å²) in [6, 6.07) is 11.1. The molecule has 2 rings (SSSR count). The smallest absolute Gasteiger partial charge is 0.0992 e. The summed E-state index contributed by atoms with van der Waals surface area (Å²) in [5.74, 6) is 0. The van der Waals surface area contributed by atoms with E-state index in [0.717, 1.165) is 5.69 Å². The minimum atomic E-state index is 0.614. The van der Waals surface area contributed by atoms with Crippen LogP contribution >= 0.6 is 0 Å². The van der Waals surface area contributed by atoms with E-state index in [1.165, 1.54) is 0 Å². The predicted octanol–water partition coefficient (Wildman–Crippen LogP) is 1.93. The molecule has 0 saturated carbocycles. The summed E-state index contributed by atoms with van der Waals surface area (Å²) >= 11 is 0. The number of hydrogen-bond donors (Lipinski definition) is 1. The van der Waals surface area contributed by atoms with Gasteiger partial charge >= 0.3 is 0 Å². The molecule has 0 aliphatic heterocycles. The van der Waals surface area contributed by atoms with Crippen molar-refractivity contribution in [1.82, 2.24) is 4.57 Å². The second kappa shape index (κ2) is 3.27. The largest absolute Gasteiger partial charge is 0.397 e. The van der Waals surface area contributed by atoms with Gasteiger partial charge in [0.2, 0.25) is 0 Å². The Labute approximate surface area is 82.0 Å². The normalized spacial score (nSPS) is 9.64. The molecule has 1 heterocycles. The van der Waals surface area contributed by atoms with Crippen LogP contribution in [-0.2, 0) is 0 Å². The van der Waals surface area contributed by atoms with E-state index in [1.54, 1.807) is 18.2 Å². The summed E-state index contributed by atoms with van der Waals surface area (Å²) in [5.41, 5.74) is 7.93. The van der Waals surface area contributed by atoms with Crippen LogP contribution in [0.4, 0.5) is 5.69 Å². The molecule has 2 aromatic rings. The average Bonchev–Trinajstić information content (AvgIpc) is 2.71. The molecule has 1 aromatic heterocycles. The van der Waals surface area contributed by atoms with Crippen LogP contribution in [0.15, 0.2) is 42.7 Å². The lowest BCUT2D eigenvalue weighted by atomic mass is 10.2. The average molecular weight is 183 g/mol. The van der Waals surface area contributed by atoms with Gasteiger partial charge in [-0.1, -0.05) is 0 Å². The van der Waals surface area contributed by atoms with Crippen LogP contribution in [0.3, 0.4) is 0 Å². The summed E-state index contributed by atoms with van der Waals surface area (Å²) in [6.45, 7) is 0. The number of nitriles is 1. The molecule has 0 fully saturated rings. The summed E-state index contributed by atoms with van der Waals surface area (Å²) < 4.78 is 1.89. The Morgan fingerprint density at radius 1 is 1.21 bits per heavy atom. The van der Waals surface area contributed by atoms with Crippen molar-refractivity contribution in [3.8, 4) is 11.8 Å². The number of rotatable bonds is 1. The first-order chi connectivity index (χ1) is 6.81. The van der Waals surface area contributed by atoms with Gasteiger partial charge in [-0.15, -0.1) is 0 Å². The van der Waals surface area contributed by atoms with Gasteiger partial charge in [-0.2, -0.15) is 5.26 Å². The zero-order chi connectivity index (χ0) is 9.97. The van der Waals surface area contributed by atoms with Crippen LogP contribution in [0.5, 0.6) is 0 Å². The lowest BCUT2D eigenvalue weighted by Gasteiger charge is -2.06. The highest BCUT2D eigenvalue weighted by molar-refractivity contribution is 5.60. The lowest BCUT2D eigenvalue weighted by Crippen LogP contribution is -1.97. The van der Waals surface area contributed by atoms with Crippen molar-refractivity contribution in [2.75, 3.05) is 5.73 Å². The molecule has 0 aliphatic carbocycles. The van der Waals surface area contributed by atoms with E-state index in [4.69, 9.17) is 11.0 Å². The first kappa shape index (κ1) is 8.39. The van der Waals surface area contributed by atoms with E-state index >= 15 is 0 Å². The SMILES string of the molecule is N#Cc1ccc(N)c(-n2cccc2)c1. The highest BCUT2D eigenvalue weighted by atomic mass is 15.0. The Balaban J connectivity index is 2.58. The van der Waals surface area contributed by atoms with Gasteiger partial charge in [-0.25, -0.2) is 0 Å². The summed E-state index contributed by atoms with van der Waals surface area (Å²) in [4.78, 5) is 0. The minimum Gasteiger partial charge on any atom is -0.397 e. The molecule has 0 amide bonds. The lowest BCUT2D eigenvalue weighted by molar-refractivity contribution is 1.08. The van der Waals surface area contributed by atoms with Gasteiger partial charge in [0.05, 0.1) is 23.0 Å². The number of nitrogens with zero attached hydrogens (tertiary/aromatic N) is 2. The quantitative estimate of drug-likeness (QED) is 0.687. The summed E-state index contributed by atoms with van der Waals surface area (Å²) in [7, 11) is 0. The third kappa shape index (κ3) is 1.34. The Bertz CT molecular complexity index is 478. The molecule has 0 unspecified atom stereocenters. The summed E-state index contributed by atoms with van der Waals surface area (Å²) in [5, 5.41) is 8.75. The number of benzene rings is 1. The van der Waals surface area contributed by atoms with Gasteiger partial charge in [0.15, 0.2) is 0 Å². The molecule has 0 aliphatic rings. The molecule has 0 radical (unpaired) electrons. The standard InChI is InChI=1S/C11H9N3/c12-8-9-3-4-10(13)11(7-9)14-5-1-2-6-14/h1-7H,13H2. The van der Waals surface area contributed by atoms with E-state index < -0.39 is 0 Å². The molecule has 0 saturated heterocycles. The van der Waals surface area contributed by atoms with Gasteiger partial charge in [0, 0.05) is 12.4 Å². The highest BCUT2D eigenvalue weighted by Gasteiger charge is 2.01. The van der Waals surface area contributed by atoms with Crippen LogP contribution in [0, 0.1) is 11.3 Å². The second-order valence-electron chi connectivity index (χ2n) is 2.98. The molecular formula is C11H9N3. The van der Waals surface area contributed by atoms with E-state index in [0.29, 0.717) is 11.3 Å². The van der Waals surface area contributed by atoms with E-state index in [2.05, 4.69) is 6.07 Å². The monoisotopic (exact) mass is 183 g/mol. The molecule has 3 nitrogen and oxygen atoms in total. The zero-order valence-electron chi connectivity index (χ0n) is 7.51. The van der Waals surface area contributed by atoms with Crippen molar-refractivity contribution >= 4 is 5.69 Å². The fourth-order valence-electron chi connectivity index (χ4n) is 1.33. The number of nitrogen functional groups attached to an aromatic ring is 1. The van der Waals surface area contributed by atoms with Gasteiger partial charge in [0.1, 0.15) is 0 Å². The van der Waals surface area contributed by atoms with Crippen molar-refractivity contribution in [1.29, 1.82) is 5.26 Å². The maximum absolute atomic E-state index is 8.75. The molecule has 68 valence electrons. The molecule has 1 aromatic carbocycles. The van der Waals surface area contributed by atoms with E-state index in [9.17, 15) is 0 Å². The Morgan fingerprint density at radius 2 is 1.93 bits per heavy atom.